The van der Waals surface area contributed by atoms with Crippen LogP contribution in [0.4, 0.5) is 5.69 Å². The van der Waals surface area contributed by atoms with Crippen molar-refractivity contribution in [3.8, 4) is 29.9 Å². The van der Waals surface area contributed by atoms with Gasteiger partial charge in [-0.25, -0.2) is 0 Å². The first-order valence-electron chi connectivity index (χ1n) is 7.61. The van der Waals surface area contributed by atoms with E-state index in [0.29, 0.717) is 32.2 Å². The fourth-order valence-corrected chi connectivity index (χ4v) is 3.09. The van der Waals surface area contributed by atoms with E-state index in [9.17, 15) is 10.1 Å². The molecule has 1 N–H and O–H groups in total. The maximum atomic E-state index is 12.4. The van der Waals surface area contributed by atoms with Gasteiger partial charge in [-0.05, 0) is 64.0 Å². The molecule has 5 nitrogen and oxygen atoms in total. The van der Waals surface area contributed by atoms with Crippen LogP contribution in [0.1, 0.15) is 5.56 Å². The Balaban J connectivity index is 2.23. The molecule has 0 aliphatic rings. The highest BCUT2D eigenvalue weighted by atomic mass is 79.9. The highest BCUT2D eigenvalue weighted by molar-refractivity contribution is 9.10. The molecule has 0 fully saturated rings. The molecule has 2 aromatic carbocycles. The van der Waals surface area contributed by atoms with Crippen LogP contribution < -0.4 is 14.8 Å². The van der Waals surface area contributed by atoms with Crippen molar-refractivity contribution in [2.24, 2.45) is 0 Å². The number of halogens is 2. The van der Waals surface area contributed by atoms with Crippen LogP contribution in [0.2, 0.25) is 5.02 Å². The molecular formula is C20H14BrClN2O3. The predicted octanol–water partition coefficient (Wildman–Crippen LogP) is 4.67. The Morgan fingerprint density at radius 3 is 2.63 bits per heavy atom. The van der Waals surface area contributed by atoms with Gasteiger partial charge in [-0.15, -0.1) is 6.42 Å². The zero-order chi connectivity index (χ0) is 19.8. The summed E-state index contributed by atoms with van der Waals surface area (Å²) in [6.07, 6.45) is 6.60. The molecule has 0 bridgehead atoms. The Hall–Kier alpha value is -2.93. The third-order valence-electron chi connectivity index (χ3n) is 3.34. The molecule has 0 aliphatic heterocycles. The van der Waals surface area contributed by atoms with Gasteiger partial charge in [-0.3, -0.25) is 4.79 Å². The smallest absolute Gasteiger partial charge is 0.266 e. The van der Waals surface area contributed by atoms with E-state index in [1.807, 2.05) is 6.07 Å². The second-order valence-electron chi connectivity index (χ2n) is 5.16. The Labute approximate surface area is 170 Å². The van der Waals surface area contributed by atoms with Crippen molar-refractivity contribution in [1.82, 2.24) is 0 Å². The number of hydrogen-bond donors (Lipinski definition) is 1. The fraction of sp³-hybridized carbons (Fsp3) is 0.100. The van der Waals surface area contributed by atoms with Gasteiger partial charge in [0.05, 0.1) is 16.6 Å². The second-order valence-corrected chi connectivity index (χ2v) is 6.42. The minimum Gasteiger partial charge on any atom is -0.497 e. The lowest BCUT2D eigenvalue weighted by Crippen LogP contribution is -2.13. The summed E-state index contributed by atoms with van der Waals surface area (Å²) in [6, 6.07) is 11.9. The van der Waals surface area contributed by atoms with Gasteiger partial charge in [0.1, 0.15) is 24.0 Å². The largest absolute Gasteiger partial charge is 0.497 e. The van der Waals surface area contributed by atoms with Gasteiger partial charge < -0.3 is 14.8 Å². The van der Waals surface area contributed by atoms with Crippen LogP contribution in [0.5, 0.6) is 11.5 Å². The average Bonchev–Trinajstić information content (AvgIpc) is 2.66. The average molecular weight is 446 g/mol. The number of benzene rings is 2. The number of nitrogens with one attached hydrogen (secondary N) is 1. The topological polar surface area (TPSA) is 71.3 Å². The van der Waals surface area contributed by atoms with Crippen molar-refractivity contribution >= 4 is 45.2 Å². The van der Waals surface area contributed by atoms with Crippen LogP contribution in [0.25, 0.3) is 6.08 Å². The number of anilines is 1. The van der Waals surface area contributed by atoms with E-state index in [-0.39, 0.29) is 12.2 Å². The van der Waals surface area contributed by atoms with E-state index in [1.54, 1.807) is 43.5 Å². The standard InChI is InChI=1S/C20H14BrClN2O3/c1-3-8-27-19-17(21)10-13(11-18(19)22)9-14(12-23)20(25)24-15-4-6-16(26-2)7-5-15/h1,4-7,9-11H,8H2,2H3,(H,24,25)/b14-9-. The van der Waals surface area contributed by atoms with Crippen molar-refractivity contribution in [3.05, 3.63) is 57.0 Å². The van der Waals surface area contributed by atoms with Gasteiger partial charge in [-0.1, -0.05) is 17.5 Å². The summed E-state index contributed by atoms with van der Waals surface area (Å²) >= 11 is 9.53. The molecule has 7 heteroatoms. The number of nitriles is 1. The summed E-state index contributed by atoms with van der Waals surface area (Å²) in [4.78, 5) is 12.4. The third-order valence-corrected chi connectivity index (χ3v) is 4.21. The van der Waals surface area contributed by atoms with Gasteiger partial charge in [0.15, 0.2) is 5.75 Å². The summed E-state index contributed by atoms with van der Waals surface area (Å²) < 4.78 is 11.0. The Kier molecular flexibility index (Phi) is 7.31. The van der Waals surface area contributed by atoms with E-state index < -0.39 is 5.91 Å². The number of hydrogen-bond acceptors (Lipinski definition) is 4. The van der Waals surface area contributed by atoms with Crippen molar-refractivity contribution < 1.29 is 14.3 Å². The molecule has 0 aromatic heterocycles. The highest BCUT2D eigenvalue weighted by Gasteiger charge is 2.12. The van der Waals surface area contributed by atoms with Gasteiger partial charge >= 0.3 is 0 Å². The van der Waals surface area contributed by atoms with Crippen molar-refractivity contribution in [2.45, 2.75) is 0 Å². The number of methoxy groups -OCH3 is 1. The molecule has 0 saturated carbocycles. The number of rotatable bonds is 6. The molecule has 0 saturated heterocycles. The van der Waals surface area contributed by atoms with Crippen LogP contribution in [0, 0.1) is 23.7 Å². The summed E-state index contributed by atoms with van der Waals surface area (Å²) in [7, 11) is 1.55. The van der Waals surface area contributed by atoms with Gasteiger partial charge in [0.2, 0.25) is 0 Å². The lowest BCUT2D eigenvalue weighted by atomic mass is 10.1. The number of ether oxygens (including phenoxy) is 2. The Morgan fingerprint density at radius 1 is 1.37 bits per heavy atom. The SMILES string of the molecule is C#CCOc1c(Cl)cc(/C=C(/C#N)C(=O)Nc2ccc(OC)cc2)cc1Br. The maximum Gasteiger partial charge on any atom is 0.266 e. The van der Waals surface area contributed by atoms with Crippen LogP contribution >= 0.6 is 27.5 Å². The first-order chi connectivity index (χ1) is 13.0. The summed E-state index contributed by atoms with van der Waals surface area (Å²) in [5, 5.41) is 12.3. The molecule has 0 radical (unpaired) electrons. The zero-order valence-electron chi connectivity index (χ0n) is 14.3. The van der Waals surface area contributed by atoms with E-state index in [1.165, 1.54) is 6.08 Å². The first-order valence-corrected chi connectivity index (χ1v) is 8.78. The fourth-order valence-electron chi connectivity index (χ4n) is 2.10. The molecule has 2 rings (SSSR count). The molecule has 1 amide bonds. The number of carbonyl (C=O) groups is 1. The molecule has 0 heterocycles. The lowest BCUT2D eigenvalue weighted by molar-refractivity contribution is -0.112. The molecule has 0 aliphatic carbocycles. The molecule has 0 spiro atoms. The predicted molar refractivity (Wildman–Crippen MR) is 109 cm³/mol. The van der Waals surface area contributed by atoms with E-state index in [2.05, 4.69) is 27.2 Å². The number of carbonyl (C=O) groups excluding carboxylic acids is 1. The molecule has 0 unspecified atom stereocenters. The Morgan fingerprint density at radius 2 is 2.07 bits per heavy atom. The molecule has 27 heavy (non-hydrogen) atoms. The molecular weight excluding hydrogens is 432 g/mol. The minimum absolute atomic E-state index is 0.0707. The minimum atomic E-state index is -0.539. The Bertz CT molecular complexity index is 934. The number of nitrogens with zero attached hydrogens (tertiary/aromatic N) is 1. The van der Waals surface area contributed by atoms with Crippen LogP contribution in [-0.4, -0.2) is 19.6 Å². The monoisotopic (exact) mass is 444 g/mol. The lowest BCUT2D eigenvalue weighted by Gasteiger charge is -2.09. The number of terminal acetylenes is 1. The summed E-state index contributed by atoms with van der Waals surface area (Å²) in [6.45, 7) is 0.0707. The van der Waals surface area contributed by atoms with Gasteiger partial charge in [0, 0.05) is 5.69 Å². The summed E-state index contributed by atoms with van der Waals surface area (Å²) in [5.41, 5.74) is 1.02. The maximum absolute atomic E-state index is 12.4. The van der Waals surface area contributed by atoms with Crippen LogP contribution in [0.3, 0.4) is 0 Å². The molecule has 0 atom stereocenters. The number of amides is 1. The van der Waals surface area contributed by atoms with E-state index in [4.69, 9.17) is 27.5 Å². The normalized spacial score (nSPS) is 10.5. The first kappa shape index (κ1) is 20.4. The second kappa shape index (κ2) is 9.68. The molecule has 2 aromatic rings. The van der Waals surface area contributed by atoms with Crippen molar-refractivity contribution in [1.29, 1.82) is 5.26 Å². The van der Waals surface area contributed by atoms with Gasteiger partial charge in [0.25, 0.3) is 5.91 Å². The quantitative estimate of drug-likeness (QED) is 0.398. The highest BCUT2D eigenvalue weighted by Crippen LogP contribution is 2.35. The van der Waals surface area contributed by atoms with E-state index >= 15 is 0 Å². The van der Waals surface area contributed by atoms with Gasteiger partial charge in [-0.2, -0.15) is 5.26 Å². The summed E-state index contributed by atoms with van der Waals surface area (Å²) in [5.74, 6) is 2.87. The molecule has 136 valence electrons. The zero-order valence-corrected chi connectivity index (χ0v) is 16.6. The van der Waals surface area contributed by atoms with E-state index in [0.717, 1.165) is 0 Å². The van der Waals surface area contributed by atoms with Crippen LogP contribution in [0.15, 0.2) is 46.4 Å². The van der Waals surface area contributed by atoms with Crippen molar-refractivity contribution in [2.75, 3.05) is 19.0 Å². The third kappa shape index (κ3) is 5.52. The van der Waals surface area contributed by atoms with Crippen molar-refractivity contribution in [3.63, 3.8) is 0 Å². The van der Waals surface area contributed by atoms with Crippen LogP contribution in [-0.2, 0) is 4.79 Å².